The van der Waals surface area contributed by atoms with Crippen LogP contribution in [0.3, 0.4) is 0 Å². The van der Waals surface area contributed by atoms with E-state index in [2.05, 4.69) is 5.32 Å². The lowest BCUT2D eigenvalue weighted by Crippen LogP contribution is -2.38. The minimum absolute atomic E-state index is 0.216. The average Bonchev–Trinajstić information content (AvgIpc) is 2.59. The van der Waals surface area contributed by atoms with Crippen molar-refractivity contribution >= 4 is 12.4 Å². The van der Waals surface area contributed by atoms with E-state index < -0.39 is 6.03 Å². The minimum Gasteiger partial charge on any atom is -0.497 e. The molecule has 0 atom stereocenters. The number of carbonyl (C=O) groups is 2. The maximum atomic E-state index is 12.0. The second-order valence-electron chi connectivity index (χ2n) is 4.73. The van der Waals surface area contributed by atoms with E-state index in [1.807, 2.05) is 42.5 Å². The standard InChI is InChI=1S/C17H18N2O3/c1-22-16-9-7-15(8-10-16)12-19(13-20)17(21)18-11-14-5-3-2-4-6-14/h2-10,13H,11-12H2,1H3,(H,18,21). The smallest absolute Gasteiger partial charge is 0.324 e. The first-order valence-corrected chi connectivity index (χ1v) is 6.89. The van der Waals surface area contributed by atoms with E-state index in [0.717, 1.165) is 21.8 Å². The number of carbonyl (C=O) groups excluding carboxylic acids is 2. The summed E-state index contributed by atoms with van der Waals surface area (Å²) in [5, 5.41) is 2.72. The second-order valence-corrected chi connectivity index (χ2v) is 4.73. The number of amides is 3. The lowest BCUT2D eigenvalue weighted by Gasteiger charge is -2.16. The van der Waals surface area contributed by atoms with Crippen molar-refractivity contribution in [2.45, 2.75) is 13.1 Å². The zero-order valence-electron chi connectivity index (χ0n) is 12.4. The summed E-state index contributed by atoms with van der Waals surface area (Å²) in [5.74, 6) is 0.731. The molecule has 0 aliphatic rings. The average molecular weight is 298 g/mol. The monoisotopic (exact) mass is 298 g/mol. The van der Waals surface area contributed by atoms with Gasteiger partial charge in [-0.15, -0.1) is 0 Å². The van der Waals surface area contributed by atoms with Crippen LogP contribution in [0.4, 0.5) is 4.79 Å². The van der Waals surface area contributed by atoms with E-state index in [1.165, 1.54) is 0 Å². The van der Waals surface area contributed by atoms with Crippen LogP contribution in [-0.4, -0.2) is 24.5 Å². The molecular weight excluding hydrogens is 280 g/mol. The van der Waals surface area contributed by atoms with E-state index in [9.17, 15) is 9.59 Å². The summed E-state index contributed by atoms with van der Waals surface area (Å²) in [7, 11) is 1.59. The third kappa shape index (κ3) is 4.34. The van der Waals surface area contributed by atoms with Crippen LogP contribution in [0.25, 0.3) is 0 Å². The highest BCUT2D eigenvalue weighted by Crippen LogP contribution is 2.12. The third-order valence-corrected chi connectivity index (χ3v) is 3.19. The van der Waals surface area contributed by atoms with Gasteiger partial charge in [0.15, 0.2) is 0 Å². The first-order valence-electron chi connectivity index (χ1n) is 6.89. The molecule has 5 heteroatoms. The Bertz CT molecular complexity index is 612. The van der Waals surface area contributed by atoms with Crippen molar-refractivity contribution in [2.75, 3.05) is 7.11 Å². The fraction of sp³-hybridized carbons (Fsp3) is 0.176. The number of nitrogens with one attached hydrogen (secondary N) is 1. The van der Waals surface area contributed by atoms with Gasteiger partial charge < -0.3 is 10.1 Å². The first kappa shape index (κ1) is 15.6. The van der Waals surface area contributed by atoms with Gasteiger partial charge in [0, 0.05) is 6.54 Å². The molecular formula is C17H18N2O3. The first-order chi connectivity index (χ1) is 10.7. The Labute approximate surface area is 129 Å². The number of ether oxygens (including phenoxy) is 1. The van der Waals surface area contributed by atoms with E-state index in [0.29, 0.717) is 13.0 Å². The molecule has 2 aromatic carbocycles. The molecule has 0 fully saturated rings. The molecule has 0 heterocycles. The van der Waals surface area contributed by atoms with Crippen molar-refractivity contribution < 1.29 is 14.3 Å². The van der Waals surface area contributed by atoms with Gasteiger partial charge in [0.2, 0.25) is 6.41 Å². The van der Waals surface area contributed by atoms with Crippen LogP contribution in [0.1, 0.15) is 11.1 Å². The summed E-state index contributed by atoms with van der Waals surface area (Å²) in [6, 6.07) is 16.3. The number of urea groups is 1. The molecule has 0 aromatic heterocycles. The predicted molar refractivity (Wildman–Crippen MR) is 83.3 cm³/mol. The van der Waals surface area contributed by atoms with Crippen LogP contribution >= 0.6 is 0 Å². The highest BCUT2D eigenvalue weighted by molar-refractivity contribution is 5.84. The maximum Gasteiger partial charge on any atom is 0.324 e. The number of imide groups is 1. The Kier molecular flexibility index (Phi) is 5.54. The maximum absolute atomic E-state index is 12.0. The fourth-order valence-corrected chi connectivity index (χ4v) is 1.96. The minimum atomic E-state index is -0.422. The SMILES string of the molecule is COc1ccc(CN(C=O)C(=O)NCc2ccccc2)cc1. The molecule has 114 valence electrons. The number of hydrogen-bond donors (Lipinski definition) is 1. The molecule has 0 unspecified atom stereocenters. The van der Waals surface area contributed by atoms with Gasteiger partial charge in [-0.25, -0.2) is 4.79 Å². The highest BCUT2D eigenvalue weighted by Gasteiger charge is 2.12. The molecule has 0 radical (unpaired) electrons. The lowest BCUT2D eigenvalue weighted by atomic mass is 10.2. The van der Waals surface area contributed by atoms with Crippen LogP contribution in [0.15, 0.2) is 54.6 Å². The Morgan fingerprint density at radius 2 is 1.77 bits per heavy atom. The molecule has 2 aromatic rings. The van der Waals surface area contributed by atoms with Gasteiger partial charge in [-0.2, -0.15) is 0 Å². The number of rotatable bonds is 6. The largest absolute Gasteiger partial charge is 0.497 e. The molecule has 22 heavy (non-hydrogen) atoms. The molecule has 0 aliphatic heterocycles. The summed E-state index contributed by atoms with van der Waals surface area (Å²) < 4.78 is 5.07. The number of nitrogens with zero attached hydrogens (tertiary/aromatic N) is 1. The van der Waals surface area contributed by atoms with Crippen molar-refractivity contribution in [2.24, 2.45) is 0 Å². The molecule has 5 nitrogen and oxygen atoms in total. The van der Waals surface area contributed by atoms with Crippen LogP contribution in [0, 0.1) is 0 Å². The van der Waals surface area contributed by atoms with Crippen LogP contribution in [-0.2, 0) is 17.9 Å². The van der Waals surface area contributed by atoms with Crippen molar-refractivity contribution in [3.8, 4) is 5.75 Å². The van der Waals surface area contributed by atoms with Crippen molar-refractivity contribution in [1.82, 2.24) is 10.2 Å². The second kappa shape index (κ2) is 7.83. The van der Waals surface area contributed by atoms with Crippen molar-refractivity contribution in [1.29, 1.82) is 0 Å². The Morgan fingerprint density at radius 3 is 2.36 bits per heavy atom. The van der Waals surface area contributed by atoms with Crippen molar-refractivity contribution in [3.63, 3.8) is 0 Å². The molecule has 3 amide bonds. The van der Waals surface area contributed by atoms with Gasteiger partial charge >= 0.3 is 6.03 Å². The predicted octanol–water partition coefficient (Wildman–Crippen LogP) is 2.56. The quantitative estimate of drug-likeness (QED) is 0.834. The summed E-state index contributed by atoms with van der Waals surface area (Å²) in [6.45, 7) is 0.598. The van der Waals surface area contributed by atoms with E-state index in [-0.39, 0.29) is 6.54 Å². The summed E-state index contributed by atoms with van der Waals surface area (Å²) >= 11 is 0. The van der Waals surface area contributed by atoms with E-state index in [4.69, 9.17) is 4.74 Å². The molecule has 0 saturated carbocycles. The van der Waals surface area contributed by atoms with Crippen LogP contribution in [0.2, 0.25) is 0 Å². The zero-order valence-corrected chi connectivity index (χ0v) is 12.4. The molecule has 0 bridgehead atoms. The van der Waals surface area contributed by atoms with Crippen molar-refractivity contribution in [3.05, 3.63) is 65.7 Å². The van der Waals surface area contributed by atoms with Gasteiger partial charge in [0.1, 0.15) is 5.75 Å². The topological polar surface area (TPSA) is 58.6 Å². The fourth-order valence-electron chi connectivity index (χ4n) is 1.96. The van der Waals surface area contributed by atoms with Gasteiger partial charge in [-0.1, -0.05) is 42.5 Å². The summed E-state index contributed by atoms with van der Waals surface area (Å²) in [5.41, 5.74) is 1.83. The molecule has 0 spiro atoms. The van der Waals surface area contributed by atoms with Gasteiger partial charge in [-0.05, 0) is 23.3 Å². The Morgan fingerprint density at radius 1 is 1.09 bits per heavy atom. The number of hydrogen-bond acceptors (Lipinski definition) is 3. The zero-order chi connectivity index (χ0) is 15.8. The Hall–Kier alpha value is -2.82. The Balaban J connectivity index is 1.92. The van der Waals surface area contributed by atoms with Crippen LogP contribution < -0.4 is 10.1 Å². The normalized spacial score (nSPS) is 9.86. The highest BCUT2D eigenvalue weighted by atomic mass is 16.5. The van der Waals surface area contributed by atoms with Gasteiger partial charge in [-0.3, -0.25) is 9.69 Å². The van der Waals surface area contributed by atoms with Gasteiger partial charge in [0.05, 0.1) is 13.7 Å². The number of methoxy groups -OCH3 is 1. The van der Waals surface area contributed by atoms with E-state index in [1.54, 1.807) is 19.2 Å². The van der Waals surface area contributed by atoms with E-state index >= 15 is 0 Å². The van der Waals surface area contributed by atoms with Crippen LogP contribution in [0.5, 0.6) is 5.75 Å². The van der Waals surface area contributed by atoms with Gasteiger partial charge in [0.25, 0.3) is 0 Å². The molecule has 2 rings (SSSR count). The molecule has 1 N–H and O–H groups in total. The molecule has 0 saturated heterocycles. The third-order valence-electron chi connectivity index (χ3n) is 3.19. The number of benzene rings is 2. The summed E-state index contributed by atoms with van der Waals surface area (Å²) in [6.07, 6.45) is 0.532. The lowest BCUT2D eigenvalue weighted by molar-refractivity contribution is -0.116. The summed E-state index contributed by atoms with van der Waals surface area (Å²) in [4.78, 5) is 24.3. The molecule has 0 aliphatic carbocycles.